The zero-order valence-electron chi connectivity index (χ0n) is 24.9. The van der Waals surface area contributed by atoms with Gasteiger partial charge < -0.3 is 0 Å². The Labute approximate surface area is 288 Å². The van der Waals surface area contributed by atoms with Gasteiger partial charge in [-0.1, -0.05) is 93.6 Å². The molecule has 0 aliphatic rings. The fraction of sp³-hybridized carbons (Fsp3) is 0.152. The highest BCUT2D eigenvalue weighted by Crippen LogP contribution is 2.36. The standard InChI is InChI=1S/C17H11ClF4N2O2.C16H11Cl2FN2O2/c18-15-11(2-1-3-13(15)17(20,21)22)8-14-23-26-16(25)24(14)9-10-4-6-12(19)7-5-10;17-13-3-1-2-11(15(13)18)8-14-20-23-16(22)21(14)9-10-4-6-12(19)7-5-10/h1-7H,8-9H2;1-7H,8-9H2. The largest absolute Gasteiger partial charge is 0.441 e. The lowest BCUT2D eigenvalue weighted by Gasteiger charge is -2.12. The van der Waals surface area contributed by atoms with E-state index in [9.17, 15) is 31.5 Å². The van der Waals surface area contributed by atoms with Crippen LogP contribution in [0.4, 0.5) is 22.0 Å². The summed E-state index contributed by atoms with van der Waals surface area (Å²) in [5.74, 6) is -1.58. The van der Waals surface area contributed by atoms with Gasteiger partial charge in [0.15, 0.2) is 11.6 Å². The molecular weight excluding hydrogens is 718 g/mol. The Morgan fingerprint density at radius 1 is 0.612 bits per heavy atom. The minimum atomic E-state index is -4.59. The van der Waals surface area contributed by atoms with Crippen LogP contribution in [0.3, 0.4) is 0 Å². The lowest BCUT2D eigenvalue weighted by molar-refractivity contribution is -0.137. The maximum Gasteiger partial charge on any atom is 0.441 e. The van der Waals surface area contributed by atoms with Gasteiger partial charge in [-0.3, -0.25) is 18.2 Å². The number of nitrogens with zero attached hydrogens (tertiary/aromatic N) is 4. The molecule has 0 bridgehead atoms. The van der Waals surface area contributed by atoms with Crippen LogP contribution < -0.4 is 11.5 Å². The van der Waals surface area contributed by atoms with Gasteiger partial charge in [0.25, 0.3) is 0 Å². The second-order valence-corrected chi connectivity index (χ2v) is 11.7. The number of rotatable bonds is 8. The molecule has 2 heterocycles. The summed E-state index contributed by atoms with van der Waals surface area (Å²) in [7, 11) is 0. The minimum Gasteiger partial charge on any atom is -0.296 e. The van der Waals surface area contributed by atoms with Crippen molar-refractivity contribution in [1.82, 2.24) is 19.4 Å². The van der Waals surface area contributed by atoms with E-state index in [2.05, 4.69) is 14.8 Å². The van der Waals surface area contributed by atoms with Crippen LogP contribution in [0, 0.1) is 11.6 Å². The van der Waals surface area contributed by atoms with E-state index in [1.807, 2.05) is 0 Å². The molecule has 0 amide bonds. The zero-order chi connectivity index (χ0) is 35.3. The Kier molecular flexibility index (Phi) is 11.1. The molecule has 254 valence electrons. The quantitative estimate of drug-likeness (QED) is 0.146. The summed E-state index contributed by atoms with van der Waals surface area (Å²) < 4.78 is 76.7. The predicted octanol–water partition coefficient (Wildman–Crippen LogP) is 8.21. The first-order chi connectivity index (χ1) is 23.3. The van der Waals surface area contributed by atoms with Gasteiger partial charge in [-0.05, 0) is 58.7 Å². The molecule has 0 unspecified atom stereocenters. The van der Waals surface area contributed by atoms with Crippen molar-refractivity contribution in [3.63, 3.8) is 0 Å². The fourth-order valence-corrected chi connectivity index (χ4v) is 5.35. The highest BCUT2D eigenvalue weighted by atomic mass is 35.5. The third kappa shape index (κ3) is 8.85. The molecule has 6 aromatic rings. The average molecular weight is 740 g/mol. The second-order valence-electron chi connectivity index (χ2n) is 10.5. The SMILES string of the molecule is O=c1onc(Cc2cccc(C(F)(F)F)c2Cl)n1Cc1ccc(F)cc1.O=c1onc(Cc2cccc(Cl)c2Cl)n1Cc1ccc(F)cc1. The van der Waals surface area contributed by atoms with E-state index in [0.29, 0.717) is 27.9 Å². The maximum absolute atomic E-state index is 13.0. The molecule has 0 spiro atoms. The van der Waals surface area contributed by atoms with Gasteiger partial charge in [0.2, 0.25) is 0 Å². The van der Waals surface area contributed by atoms with Crippen LogP contribution in [0.5, 0.6) is 0 Å². The van der Waals surface area contributed by atoms with Gasteiger partial charge in [0, 0.05) is 12.8 Å². The summed E-state index contributed by atoms with van der Waals surface area (Å²) in [5.41, 5.74) is 1.29. The van der Waals surface area contributed by atoms with E-state index in [0.717, 1.165) is 21.8 Å². The number of halogens is 8. The molecule has 2 aromatic heterocycles. The molecular formula is C33H22Cl3F5N4O4. The number of benzene rings is 4. The predicted molar refractivity (Wildman–Crippen MR) is 171 cm³/mol. The molecule has 0 saturated heterocycles. The summed E-state index contributed by atoms with van der Waals surface area (Å²) in [6, 6.07) is 20.1. The van der Waals surface area contributed by atoms with Gasteiger partial charge in [-0.25, -0.2) is 18.4 Å². The van der Waals surface area contributed by atoms with Crippen molar-refractivity contribution in [3.05, 3.63) is 172 Å². The number of aromatic nitrogens is 4. The number of hydrogen-bond donors (Lipinski definition) is 0. The first-order valence-electron chi connectivity index (χ1n) is 14.2. The highest BCUT2D eigenvalue weighted by Gasteiger charge is 2.34. The van der Waals surface area contributed by atoms with E-state index in [1.54, 1.807) is 30.3 Å². The summed E-state index contributed by atoms with van der Waals surface area (Å²) in [6.45, 7) is 0.269. The molecule has 49 heavy (non-hydrogen) atoms. The van der Waals surface area contributed by atoms with Crippen molar-refractivity contribution in [1.29, 1.82) is 0 Å². The topological polar surface area (TPSA) is 96.1 Å². The van der Waals surface area contributed by atoms with E-state index < -0.39 is 34.1 Å². The van der Waals surface area contributed by atoms with Gasteiger partial charge >= 0.3 is 17.7 Å². The highest BCUT2D eigenvalue weighted by molar-refractivity contribution is 6.42. The lowest BCUT2D eigenvalue weighted by atomic mass is 10.1. The summed E-state index contributed by atoms with van der Waals surface area (Å²) in [5, 5.41) is 7.80. The van der Waals surface area contributed by atoms with Crippen molar-refractivity contribution in [3.8, 4) is 0 Å². The number of hydrogen-bond acceptors (Lipinski definition) is 6. The third-order valence-corrected chi connectivity index (χ3v) is 8.45. The van der Waals surface area contributed by atoms with Gasteiger partial charge in [0.1, 0.15) is 11.6 Å². The minimum absolute atomic E-state index is 0.0362. The van der Waals surface area contributed by atoms with Crippen LogP contribution in [0.2, 0.25) is 15.1 Å². The average Bonchev–Trinajstić information content (AvgIpc) is 3.58. The van der Waals surface area contributed by atoms with Crippen molar-refractivity contribution in [2.75, 3.05) is 0 Å². The molecule has 0 N–H and O–H groups in total. The molecule has 16 heteroatoms. The summed E-state index contributed by atoms with van der Waals surface area (Å²) in [6.07, 6.45) is -4.42. The molecule has 8 nitrogen and oxygen atoms in total. The first-order valence-corrected chi connectivity index (χ1v) is 15.3. The molecule has 4 aromatic carbocycles. The molecule has 0 saturated carbocycles. The van der Waals surface area contributed by atoms with Crippen molar-refractivity contribution in [2.24, 2.45) is 0 Å². The lowest BCUT2D eigenvalue weighted by Crippen LogP contribution is -2.18. The van der Waals surface area contributed by atoms with E-state index in [4.69, 9.17) is 39.3 Å². The van der Waals surface area contributed by atoms with Crippen LogP contribution in [-0.4, -0.2) is 19.4 Å². The number of alkyl halides is 3. The van der Waals surface area contributed by atoms with Gasteiger partial charge in [-0.15, -0.1) is 0 Å². The molecule has 0 atom stereocenters. The van der Waals surface area contributed by atoms with E-state index in [-0.39, 0.29) is 36.7 Å². The third-order valence-electron chi connectivity index (χ3n) is 7.14. The zero-order valence-corrected chi connectivity index (χ0v) is 27.1. The maximum atomic E-state index is 13.0. The normalized spacial score (nSPS) is 11.3. The van der Waals surface area contributed by atoms with Gasteiger partial charge in [-0.2, -0.15) is 13.2 Å². The second kappa shape index (κ2) is 15.2. The molecule has 0 aliphatic heterocycles. The van der Waals surface area contributed by atoms with Crippen LogP contribution in [0.15, 0.2) is 104 Å². The van der Waals surface area contributed by atoms with Crippen LogP contribution >= 0.6 is 34.8 Å². The molecule has 0 radical (unpaired) electrons. The monoisotopic (exact) mass is 738 g/mol. The van der Waals surface area contributed by atoms with Crippen LogP contribution in [0.1, 0.15) is 39.5 Å². The molecule has 6 rings (SSSR count). The Morgan fingerprint density at radius 3 is 1.49 bits per heavy atom. The Morgan fingerprint density at radius 2 is 1.04 bits per heavy atom. The summed E-state index contributed by atoms with van der Waals surface area (Å²) >= 11 is 18.0. The van der Waals surface area contributed by atoms with Crippen LogP contribution in [0.25, 0.3) is 0 Å². The molecule has 0 aliphatic carbocycles. The fourth-order valence-electron chi connectivity index (χ4n) is 4.66. The molecule has 0 fully saturated rings. The Hall–Kier alpha value is -4.72. The van der Waals surface area contributed by atoms with Crippen molar-refractivity contribution < 1.29 is 31.0 Å². The van der Waals surface area contributed by atoms with Crippen molar-refractivity contribution >= 4 is 34.8 Å². The van der Waals surface area contributed by atoms with Crippen molar-refractivity contribution in [2.45, 2.75) is 32.1 Å². The Balaban J connectivity index is 0.000000192. The smallest absolute Gasteiger partial charge is 0.296 e. The Bertz CT molecular complexity index is 2180. The van der Waals surface area contributed by atoms with Gasteiger partial charge in [0.05, 0.1) is 33.7 Å². The summed E-state index contributed by atoms with van der Waals surface area (Å²) in [4.78, 5) is 23.7. The van der Waals surface area contributed by atoms with E-state index >= 15 is 0 Å². The van der Waals surface area contributed by atoms with Crippen LogP contribution in [-0.2, 0) is 32.1 Å². The first kappa shape index (κ1) is 35.6. The van der Waals surface area contributed by atoms with E-state index in [1.165, 1.54) is 53.1 Å².